The number of nitrogens with one attached hydrogen (secondary N) is 1. The standard InChI is InChI=1S/C33H55N3O10SSi2/c1-26(2)22-35(47(41,42)28-14-15-31(30(21-28)36(39)40)45-24-43-16-18-48(3,4)5)23-32(46-25-44-17-19-49(6,7)8)29(34-33(37)38)20-27-12-10-9-11-13-27/h9-15,21,26,29,32,34H,16-20,22-25H2,1-8H3,(H,37,38)/t29-,32+/m0/s1. The number of nitrogens with zero attached hydrogens (tertiary/aromatic N) is 2. The Morgan fingerprint density at radius 2 is 1.53 bits per heavy atom. The lowest BCUT2D eigenvalue weighted by atomic mass is 10.0. The maximum atomic E-state index is 14.2. The summed E-state index contributed by atoms with van der Waals surface area (Å²) in [5.41, 5.74) is 0.306. The summed E-state index contributed by atoms with van der Waals surface area (Å²) >= 11 is 0. The van der Waals surface area contributed by atoms with E-state index in [-0.39, 0.29) is 49.7 Å². The van der Waals surface area contributed by atoms with Crippen molar-refractivity contribution in [3.05, 3.63) is 64.2 Å². The normalized spacial score (nSPS) is 13.8. The number of hydrogen-bond acceptors (Lipinski definition) is 9. The van der Waals surface area contributed by atoms with Gasteiger partial charge in [-0.15, -0.1) is 0 Å². The van der Waals surface area contributed by atoms with E-state index < -0.39 is 55.0 Å². The molecular weight excluding hydrogens is 687 g/mol. The van der Waals surface area contributed by atoms with Crippen LogP contribution in [0.3, 0.4) is 0 Å². The molecule has 49 heavy (non-hydrogen) atoms. The van der Waals surface area contributed by atoms with Gasteiger partial charge in [0.15, 0.2) is 12.5 Å². The summed E-state index contributed by atoms with van der Waals surface area (Å²) in [6, 6.07) is 13.6. The predicted molar refractivity (Wildman–Crippen MR) is 195 cm³/mol. The second kappa shape index (κ2) is 19.5. The van der Waals surface area contributed by atoms with E-state index in [9.17, 15) is 28.4 Å². The molecule has 2 N–H and O–H groups in total. The van der Waals surface area contributed by atoms with Crippen LogP contribution in [0.5, 0.6) is 5.75 Å². The molecule has 0 saturated heterocycles. The molecule has 2 aromatic carbocycles. The molecule has 16 heteroatoms. The molecule has 2 aromatic rings. The zero-order valence-electron chi connectivity index (χ0n) is 30.1. The molecule has 0 aliphatic rings. The number of nitro groups is 1. The third-order valence-corrected chi connectivity index (χ3v) is 12.7. The summed E-state index contributed by atoms with van der Waals surface area (Å²) < 4.78 is 52.5. The van der Waals surface area contributed by atoms with Gasteiger partial charge in [-0.3, -0.25) is 10.1 Å². The number of hydrogen-bond donors (Lipinski definition) is 2. The molecule has 0 bridgehead atoms. The minimum atomic E-state index is -4.34. The topological polar surface area (TPSA) is 167 Å². The summed E-state index contributed by atoms with van der Waals surface area (Å²) in [4.78, 5) is 23.0. The van der Waals surface area contributed by atoms with E-state index >= 15 is 0 Å². The van der Waals surface area contributed by atoms with Crippen molar-refractivity contribution in [1.82, 2.24) is 9.62 Å². The predicted octanol–water partition coefficient (Wildman–Crippen LogP) is 6.51. The SMILES string of the molecule is CC(C)CN(C[C@@H](OCOCC[Si](C)(C)C)[C@H](Cc1ccccc1)NC(=O)O)S(=O)(=O)c1ccc(OCOCC[Si](C)(C)C)c([N+](=O)[O-])c1. The minimum Gasteiger partial charge on any atom is -0.465 e. The molecule has 276 valence electrons. The van der Waals surface area contributed by atoms with E-state index in [0.717, 1.165) is 23.7 Å². The molecule has 0 spiro atoms. The number of nitro benzene ring substituents is 1. The highest BCUT2D eigenvalue weighted by atomic mass is 32.2. The van der Waals surface area contributed by atoms with Gasteiger partial charge in [0.25, 0.3) is 0 Å². The molecule has 0 radical (unpaired) electrons. The molecular formula is C33H55N3O10SSi2. The van der Waals surface area contributed by atoms with Crippen LogP contribution in [0.4, 0.5) is 10.5 Å². The Morgan fingerprint density at radius 3 is 2.06 bits per heavy atom. The van der Waals surface area contributed by atoms with Gasteiger partial charge in [-0.05, 0) is 42.1 Å². The lowest BCUT2D eigenvalue weighted by Gasteiger charge is -2.33. The van der Waals surface area contributed by atoms with E-state index in [2.05, 4.69) is 44.6 Å². The first-order chi connectivity index (χ1) is 22.8. The number of carbonyl (C=O) groups is 1. The maximum absolute atomic E-state index is 14.2. The first-order valence-electron chi connectivity index (χ1n) is 16.5. The fourth-order valence-electron chi connectivity index (χ4n) is 4.66. The van der Waals surface area contributed by atoms with Gasteiger partial charge >= 0.3 is 11.8 Å². The van der Waals surface area contributed by atoms with E-state index in [4.69, 9.17) is 18.9 Å². The third kappa shape index (κ3) is 16.1. The minimum absolute atomic E-state index is 0.0424. The van der Waals surface area contributed by atoms with Crippen LogP contribution >= 0.6 is 0 Å². The number of benzene rings is 2. The molecule has 1 amide bonds. The van der Waals surface area contributed by atoms with Crippen molar-refractivity contribution >= 4 is 38.0 Å². The Morgan fingerprint density at radius 1 is 0.939 bits per heavy atom. The molecule has 0 heterocycles. The van der Waals surface area contributed by atoms with Crippen LogP contribution in [0.25, 0.3) is 0 Å². The first-order valence-corrected chi connectivity index (χ1v) is 25.4. The van der Waals surface area contributed by atoms with Crippen molar-refractivity contribution in [3.8, 4) is 5.75 Å². The first kappa shape index (κ1) is 42.3. The van der Waals surface area contributed by atoms with Gasteiger partial charge in [-0.1, -0.05) is 83.5 Å². The lowest BCUT2D eigenvalue weighted by Crippen LogP contribution is -2.52. The molecule has 0 aliphatic carbocycles. The number of carboxylic acid groups (broad SMARTS) is 1. The van der Waals surface area contributed by atoms with Gasteiger partial charge in [0, 0.05) is 48.5 Å². The van der Waals surface area contributed by atoms with Crippen molar-refractivity contribution in [2.45, 2.75) is 88.7 Å². The van der Waals surface area contributed by atoms with Crippen molar-refractivity contribution in [2.75, 3.05) is 39.9 Å². The molecule has 0 aliphatic heterocycles. The molecule has 0 fully saturated rings. The quantitative estimate of drug-likeness (QED) is 0.0422. The summed E-state index contributed by atoms with van der Waals surface area (Å²) in [7, 11) is -7.07. The molecule has 2 atom stereocenters. The summed E-state index contributed by atoms with van der Waals surface area (Å²) in [5.74, 6) is -0.257. The molecule has 0 saturated carbocycles. The number of sulfonamides is 1. The van der Waals surface area contributed by atoms with E-state index in [0.29, 0.717) is 13.2 Å². The number of rotatable bonds is 23. The van der Waals surface area contributed by atoms with Crippen LogP contribution in [0.2, 0.25) is 51.4 Å². The van der Waals surface area contributed by atoms with Crippen LogP contribution in [-0.4, -0.2) is 97.0 Å². The molecule has 0 unspecified atom stereocenters. The zero-order chi connectivity index (χ0) is 36.8. The molecule has 13 nitrogen and oxygen atoms in total. The molecule has 2 rings (SSSR count). The average molecular weight is 742 g/mol. The fourth-order valence-corrected chi connectivity index (χ4v) is 7.81. The Labute approximate surface area is 293 Å². The van der Waals surface area contributed by atoms with Crippen LogP contribution in [0, 0.1) is 16.0 Å². The van der Waals surface area contributed by atoms with Gasteiger partial charge in [0.05, 0.1) is 22.0 Å². The maximum Gasteiger partial charge on any atom is 0.404 e. The average Bonchev–Trinajstić information content (AvgIpc) is 2.98. The Balaban J connectivity index is 2.42. The van der Waals surface area contributed by atoms with Crippen molar-refractivity contribution < 1.29 is 42.2 Å². The van der Waals surface area contributed by atoms with E-state index in [1.807, 2.05) is 44.2 Å². The van der Waals surface area contributed by atoms with Crippen molar-refractivity contribution in [1.29, 1.82) is 0 Å². The van der Waals surface area contributed by atoms with Crippen LogP contribution in [0.15, 0.2) is 53.4 Å². The monoisotopic (exact) mass is 741 g/mol. The summed E-state index contributed by atoms with van der Waals surface area (Å²) in [6.45, 7) is 17.3. The van der Waals surface area contributed by atoms with Crippen LogP contribution in [-0.2, 0) is 30.7 Å². The largest absolute Gasteiger partial charge is 0.465 e. The van der Waals surface area contributed by atoms with Gasteiger partial charge in [-0.25, -0.2) is 13.2 Å². The summed E-state index contributed by atoms with van der Waals surface area (Å²) in [6.07, 6.45) is -2.04. The van der Waals surface area contributed by atoms with E-state index in [1.54, 1.807) is 0 Å². The lowest BCUT2D eigenvalue weighted by molar-refractivity contribution is -0.386. The van der Waals surface area contributed by atoms with Gasteiger partial charge in [0.2, 0.25) is 10.0 Å². The van der Waals surface area contributed by atoms with Crippen molar-refractivity contribution in [2.24, 2.45) is 5.92 Å². The highest BCUT2D eigenvalue weighted by molar-refractivity contribution is 7.89. The van der Waals surface area contributed by atoms with Crippen molar-refractivity contribution in [3.63, 3.8) is 0 Å². The third-order valence-electron chi connectivity index (χ3n) is 7.43. The Kier molecular flexibility index (Phi) is 16.8. The second-order valence-corrected chi connectivity index (χ2v) is 28.1. The fraction of sp³-hybridized carbons (Fsp3) is 0.606. The van der Waals surface area contributed by atoms with E-state index in [1.165, 1.54) is 16.4 Å². The Bertz CT molecular complexity index is 1430. The highest BCUT2D eigenvalue weighted by Crippen LogP contribution is 2.32. The van der Waals surface area contributed by atoms with Crippen LogP contribution in [0.1, 0.15) is 19.4 Å². The smallest absolute Gasteiger partial charge is 0.404 e. The van der Waals surface area contributed by atoms with Gasteiger partial charge in [-0.2, -0.15) is 4.31 Å². The summed E-state index contributed by atoms with van der Waals surface area (Å²) in [5, 5.41) is 24.3. The number of amides is 1. The van der Waals surface area contributed by atoms with Gasteiger partial charge in [0.1, 0.15) is 6.79 Å². The highest BCUT2D eigenvalue weighted by Gasteiger charge is 2.34. The Hall–Kier alpha value is -2.87. The second-order valence-electron chi connectivity index (χ2n) is 14.9. The van der Waals surface area contributed by atoms with Gasteiger partial charge < -0.3 is 29.4 Å². The molecule has 0 aromatic heterocycles. The zero-order valence-corrected chi connectivity index (χ0v) is 33.0. The number of ether oxygens (including phenoxy) is 4. The van der Waals surface area contributed by atoms with Crippen LogP contribution < -0.4 is 10.1 Å².